The fourth-order valence-corrected chi connectivity index (χ4v) is 2.63. The predicted molar refractivity (Wildman–Crippen MR) is 74.6 cm³/mol. The van der Waals surface area contributed by atoms with E-state index in [0.717, 1.165) is 6.42 Å². The van der Waals surface area contributed by atoms with Gasteiger partial charge in [0, 0.05) is 23.1 Å². The number of aryl methyl sites for hydroxylation is 2. The summed E-state index contributed by atoms with van der Waals surface area (Å²) in [5.74, 6) is 0. The molecule has 1 aromatic carbocycles. The van der Waals surface area contributed by atoms with Gasteiger partial charge in [-0.25, -0.2) is 0 Å². The van der Waals surface area contributed by atoms with Gasteiger partial charge in [0.05, 0.1) is 0 Å². The van der Waals surface area contributed by atoms with Crippen molar-refractivity contribution in [3.63, 3.8) is 0 Å². The quantitative estimate of drug-likeness (QED) is 0.816. The second-order valence-electron chi connectivity index (χ2n) is 5.25. The van der Waals surface area contributed by atoms with Gasteiger partial charge in [-0.3, -0.25) is 0 Å². The van der Waals surface area contributed by atoms with E-state index < -0.39 is 0 Å². The summed E-state index contributed by atoms with van der Waals surface area (Å²) < 4.78 is 0. The molecule has 0 fully saturated rings. The van der Waals surface area contributed by atoms with E-state index >= 15 is 0 Å². The van der Waals surface area contributed by atoms with Gasteiger partial charge in [-0.05, 0) is 68.9 Å². The normalized spacial score (nSPS) is 13.3. The lowest BCUT2D eigenvalue weighted by molar-refractivity contribution is 0.741. The van der Waals surface area contributed by atoms with Gasteiger partial charge in [0.2, 0.25) is 0 Å². The van der Waals surface area contributed by atoms with Crippen LogP contribution in [0.4, 0.5) is 0 Å². The van der Waals surface area contributed by atoms with Gasteiger partial charge in [-0.2, -0.15) is 0 Å². The Morgan fingerprint density at radius 1 is 1.06 bits per heavy atom. The van der Waals surface area contributed by atoms with E-state index in [1.807, 2.05) is 0 Å². The first-order valence-corrected chi connectivity index (χ1v) is 6.25. The van der Waals surface area contributed by atoms with Crippen LogP contribution in [0.1, 0.15) is 34.7 Å². The number of aromatic nitrogens is 1. The molecule has 0 aliphatic heterocycles. The number of rotatable bonds is 2. The average Bonchev–Trinajstić information content (AvgIpc) is 2.66. The van der Waals surface area contributed by atoms with Crippen molar-refractivity contribution >= 4 is 10.9 Å². The first-order valence-electron chi connectivity index (χ1n) is 6.25. The van der Waals surface area contributed by atoms with E-state index in [0.29, 0.717) is 0 Å². The van der Waals surface area contributed by atoms with Gasteiger partial charge in [-0.1, -0.05) is 0 Å². The van der Waals surface area contributed by atoms with Gasteiger partial charge in [0.15, 0.2) is 0 Å². The Bertz CT molecular complexity index is 562. The third-order valence-electron chi connectivity index (χ3n) is 3.94. The highest BCUT2D eigenvalue weighted by Crippen LogP contribution is 2.31. The van der Waals surface area contributed by atoms with Gasteiger partial charge < -0.3 is 10.7 Å². The minimum atomic E-state index is 0.204. The summed E-state index contributed by atoms with van der Waals surface area (Å²) in [6, 6.07) is 0.204. The van der Waals surface area contributed by atoms with Crippen molar-refractivity contribution in [1.29, 1.82) is 0 Å². The van der Waals surface area contributed by atoms with Crippen LogP contribution in [0.15, 0.2) is 6.20 Å². The van der Waals surface area contributed by atoms with Crippen LogP contribution in [0.2, 0.25) is 0 Å². The topological polar surface area (TPSA) is 41.8 Å². The number of nitrogens with one attached hydrogen (secondary N) is 1. The molecule has 0 amide bonds. The minimum absolute atomic E-state index is 0.204. The van der Waals surface area contributed by atoms with Crippen molar-refractivity contribution in [2.45, 2.75) is 47.1 Å². The third-order valence-corrected chi connectivity index (χ3v) is 3.94. The van der Waals surface area contributed by atoms with Gasteiger partial charge in [0.1, 0.15) is 0 Å². The van der Waals surface area contributed by atoms with Crippen LogP contribution in [0, 0.1) is 27.7 Å². The Morgan fingerprint density at radius 2 is 1.65 bits per heavy atom. The molecule has 0 saturated heterocycles. The zero-order chi connectivity index (χ0) is 12.7. The fourth-order valence-electron chi connectivity index (χ4n) is 2.63. The molecular weight excluding hydrogens is 208 g/mol. The number of nitrogens with two attached hydrogens (primary N) is 1. The van der Waals surface area contributed by atoms with Crippen molar-refractivity contribution in [2.24, 2.45) is 5.73 Å². The second-order valence-corrected chi connectivity index (χ2v) is 5.25. The van der Waals surface area contributed by atoms with Gasteiger partial charge in [-0.15, -0.1) is 0 Å². The molecule has 0 aliphatic rings. The van der Waals surface area contributed by atoms with Crippen molar-refractivity contribution in [3.8, 4) is 0 Å². The summed E-state index contributed by atoms with van der Waals surface area (Å²) in [6.45, 7) is 10.9. The lowest BCUT2D eigenvalue weighted by Crippen LogP contribution is -2.17. The molecule has 0 radical (unpaired) electrons. The second kappa shape index (κ2) is 4.19. The van der Waals surface area contributed by atoms with Gasteiger partial charge in [0.25, 0.3) is 0 Å². The molecule has 1 atom stereocenters. The largest absolute Gasteiger partial charge is 0.361 e. The van der Waals surface area contributed by atoms with E-state index in [9.17, 15) is 0 Å². The number of benzene rings is 1. The molecule has 0 unspecified atom stereocenters. The van der Waals surface area contributed by atoms with Crippen LogP contribution in [0.3, 0.4) is 0 Å². The van der Waals surface area contributed by atoms with E-state index in [-0.39, 0.29) is 6.04 Å². The number of H-pyrrole nitrogens is 1. The maximum atomic E-state index is 5.92. The summed E-state index contributed by atoms with van der Waals surface area (Å²) in [7, 11) is 0. The number of fused-ring (bicyclic) bond motifs is 1. The first kappa shape index (κ1) is 12.2. The number of aromatic amines is 1. The molecule has 0 spiro atoms. The molecule has 3 N–H and O–H groups in total. The zero-order valence-corrected chi connectivity index (χ0v) is 11.4. The fraction of sp³-hybridized carbons (Fsp3) is 0.467. The van der Waals surface area contributed by atoms with Crippen molar-refractivity contribution in [2.75, 3.05) is 0 Å². The minimum Gasteiger partial charge on any atom is -0.361 e. The SMILES string of the molecule is Cc1c(C)c(C)c2c(C[C@H](C)N)c[nH]c2c1C. The Hall–Kier alpha value is -1.28. The third kappa shape index (κ3) is 1.87. The van der Waals surface area contributed by atoms with Crippen LogP contribution < -0.4 is 5.73 Å². The van der Waals surface area contributed by atoms with Crippen molar-refractivity contribution in [3.05, 3.63) is 34.0 Å². The van der Waals surface area contributed by atoms with E-state index in [2.05, 4.69) is 45.8 Å². The molecule has 2 aromatic rings. The summed E-state index contributed by atoms with van der Waals surface area (Å²) in [4.78, 5) is 3.42. The predicted octanol–water partition coefficient (Wildman–Crippen LogP) is 3.29. The highest BCUT2D eigenvalue weighted by molar-refractivity contribution is 5.91. The number of hydrogen-bond acceptors (Lipinski definition) is 1. The van der Waals surface area contributed by atoms with E-state index in [4.69, 9.17) is 5.73 Å². The van der Waals surface area contributed by atoms with Gasteiger partial charge >= 0.3 is 0 Å². The number of hydrogen-bond donors (Lipinski definition) is 2. The Balaban J connectivity index is 2.76. The monoisotopic (exact) mass is 230 g/mol. The summed E-state index contributed by atoms with van der Waals surface area (Å²) in [6.07, 6.45) is 3.05. The van der Waals surface area contributed by atoms with E-state index in [1.54, 1.807) is 0 Å². The van der Waals surface area contributed by atoms with E-state index in [1.165, 1.54) is 38.7 Å². The Kier molecular flexibility index (Phi) is 3.00. The highest BCUT2D eigenvalue weighted by Gasteiger charge is 2.14. The standard InChI is InChI=1S/C15H22N2/c1-8(16)6-13-7-17-15-12(5)10(3)9(2)11(4)14(13)15/h7-8,17H,6,16H2,1-5H3/t8-/m0/s1. The average molecular weight is 230 g/mol. The molecule has 17 heavy (non-hydrogen) atoms. The Morgan fingerprint density at radius 3 is 2.24 bits per heavy atom. The molecule has 92 valence electrons. The highest BCUT2D eigenvalue weighted by atomic mass is 14.7. The molecule has 0 aliphatic carbocycles. The van der Waals surface area contributed by atoms with Crippen LogP contribution in [-0.2, 0) is 6.42 Å². The lowest BCUT2D eigenvalue weighted by atomic mass is 9.93. The lowest BCUT2D eigenvalue weighted by Gasteiger charge is -2.13. The molecular formula is C15H22N2. The molecule has 2 heteroatoms. The molecule has 0 bridgehead atoms. The summed E-state index contributed by atoms with van der Waals surface area (Å²) in [5, 5.41) is 1.38. The molecule has 0 saturated carbocycles. The smallest absolute Gasteiger partial charge is 0.0492 e. The summed E-state index contributed by atoms with van der Waals surface area (Å²) >= 11 is 0. The van der Waals surface area contributed by atoms with Crippen molar-refractivity contribution < 1.29 is 0 Å². The molecule has 2 nitrogen and oxygen atoms in total. The summed E-state index contributed by atoms with van der Waals surface area (Å²) in [5.41, 5.74) is 14.1. The maximum Gasteiger partial charge on any atom is 0.0492 e. The zero-order valence-electron chi connectivity index (χ0n) is 11.4. The van der Waals surface area contributed by atoms with Crippen LogP contribution in [0.25, 0.3) is 10.9 Å². The van der Waals surface area contributed by atoms with Crippen LogP contribution in [0.5, 0.6) is 0 Å². The van der Waals surface area contributed by atoms with Crippen LogP contribution >= 0.6 is 0 Å². The molecule has 1 heterocycles. The van der Waals surface area contributed by atoms with Crippen molar-refractivity contribution in [1.82, 2.24) is 4.98 Å². The molecule has 1 aromatic heterocycles. The first-order chi connectivity index (χ1) is 7.93. The maximum absolute atomic E-state index is 5.92. The van der Waals surface area contributed by atoms with Crippen LogP contribution in [-0.4, -0.2) is 11.0 Å². The Labute approximate surface area is 103 Å². The molecule has 2 rings (SSSR count).